The molecular weight excluding hydrogens is 413 g/mol. The molecule has 1 atom stereocenters. The molecule has 1 aromatic heterocycles. The predicted molar refractivity (Wildman–Crippen MR) is 124 cm³/mol. The van der Waals surface area contributed by atoms with Crippen LogP contribution in [0.4, 0.5) is 5.69 Å². The van der Waals surface area contributed by atoms with Gasteiger partial charge in [-0.3, -0.25) is 0 Å². The summed E-state index contributed by atoms with van der Waals surface area (Å²) in [6.07, 6.45) is 2.22. The van der Waals surface area contributed by atoms with Crippen molar-refractivity contribution < 1.29 is 0 Å². The number of nitrogens with zero attached hydrogens (tertiary/aromatic N) is 2. The van der Waals surface area contributed by atoms with Crippen molar-refractivity contribution in [3.05, 3.63) is 45.4 Å². The van der Waals surface area contributed by atoms with Gasteiger partial charge in [0.2, 0.25) is 0 Å². The maximum absolute atomic E-state index is 6.45. The second-order valence-corrected chi connectivity index (χ2v) is 8.43. The first-order valence-electron chi connectivity index (χ1n) is 9.79. The number of hydrogen-bond donors (Lipinski definition) is 1. The Labute approximate surface area is 182 Å². The molecule has 0 aliphatic heterocycles. The molecule has 6 heteroatoms. The van der Waals surface area contributed by atoms with E-state index in [2.05, 4.69) is 31.0 Å². The van der Waals surface area contributed by atoms with Crippen LogP contribution in [0.2, 0.25) is 15.1 Å². The monoisotopic (exact) mass is 437 g/mol. The Morgan fingerprint density at radius 1 is 1.00 bits per heavy atom. The fourth-order valence-electron chi connectivity index (χ4n) is 3.58. The fraction of sp³-hybridized carbons (Fsp3) is 0.409. The molecule has 1 unspecified atom stereocenters. The molecule has 150 valence electrons. The van der Waals surface area contributed by atoms with E-state index in [9.17, 15) is 0 Å². The molecule has 28 heavy (non-hydrogen) atoms. The highest BCUT2D eigenvalue weighted by Crippen LogP contribution is 2.37. The Kier molecular flexibility index (Phi) is 7.27. The van der Waals surface area contributed by atoms with Crippen LogP contribution in [-0.4, -0.2) is 35.6 Å². The van der Waals surface area contributed by atoms with E-state index < -0.39 is 0 Å². The van der Waals surface area contributed by atoms with Crippen LogP contribution in [0, 0.1) is 0 Å². The second kappa shape index (κ2) is 9.49. The number of aromatic nitrogens is 1. The van der Waals surface area contributed by atoms with Gasteiger partial charge in [0.1, 0.15) is 0 Å². The van der Waals surface area contributed by atoms with Gasteiger partial charge in [0.25, 0.3) is 0 Å². The highest BCUT2D eigenvalue weighted by atomic mass is 35.5. The number of anilines is 1. The zero-order chi connectivity index (χ0) is 20.3. The van der Waals surface area contributed by atoms with Crippen LogP contribution in [-0.2, 0) is 0 Å². The minimum atomic E-state index is 0.304. The van der Waals surface area contributed by atoms with Crippen molar-refractivity contribution in [2.45, 2.75) is 39.7 Å². The quantitative estimate of drug-likeness (QED) is 0.375. The molecule has 0 aliphatic rings. The Morgan fingerprint density at radius 3 is 2.46 bits per heavy atom. The topological polar surface area (TPSA) is 28.2 Å². The number of hydrogen-bond acceptors (Lipinski definition) is 3. The molecule has 3 aromatic rings. The van der Waals surface area contributed by atoms with Crippen LogP contribution in [0.5, 0.6) is 0 Å². The number of fused-ring (bicyclic) bond motifs is 2. The number of nitrogens with one attached hydrogen (secondary N) is 1. The maximum atomic E-state index is 6.45. The molecule has 0 saturated heterocycles. The molecule has 0 aliphatic carbocycles. The Morgan fingerprint density at radius 2 is 1.75 bits per heavy atom. The van der Waals surface area contributed by atoms with Gasteiger partial charge in [-0.15, -0.1) is 0 Å². The SMILES string of the molecule is CCN(CC)CCCC(C)Nc1c2ccc(Cl)cc2nc2c(Cl)cc(Cl)cc12. The molecule has 2 aromatic carbocycles. The predicted octanol–water partition coefficient (Wildman–Crippen LogP) is 7.27. The molecular formula is C22H26Cl3N3. The van der Waals surface area contributed by atoms with Crippen LogP contribution >= 0.6 is 34.8 Å². The summed E-state index contributed by atoms with van der Waals surface area (Å²) in [6.45, 7) is 9.93. The van der Waals surface area contributed by atoms with E-state index >= 15 is 0 Å². The van der Waals surface area contributed by atoms with Gasteiger partial charge in [-0.2, -0.15) is 0 Å². The molecule has 3 rings (SSSR count). The van der Waals surface area contributed by atoms with E-state index in [0.29, 0.717) is 21.1 Å². The lowest BCUT2D eigenvalue weighted by atomic mass is 10.1. The van der Waals surface area contributed by atoms with Crippen LogP contribution in [0.3, 0.4) is 0 Å². The van der Waals surface area contributed by atoms with Crippen molar-refractivity contribution in [1.29, 1.82) is 0 Å². The lowest BCUT2D eigenvalue weighted by molar-refractivity contribution is 0.295. The van der Waals surface area contributed by atoms with Gasteiger partial charge in [-0.05, 0) is 69.7 Å². The molecule has 3 nitrogen and oxygen atoms in total. The summed E-state index contributed by atoms with van der Waals surface area (Å²) in [5.41, 5.74) is 2.57. The van der Waals surface area contributed by atoms with Crippen molar-refractivity contribution in [3.63, 3.8) is 0 Å². The molecule has 0 saturated carbocycles. The van der Waals surface area contributed by atoms with Gasteiger partial charge in [0.05, 0.1) is 21.7 Å². The Bertz CT molecular complexity index is 970. The van der Waals surface area contributed by atoms with Gasteiger partial charge in [0.15, 0.2) is 0 Å². The molecule has 1 N–H and O–H groups in total. The van der Waals surface area contributed by atoms with Gasteiger partial charge in [0, 0.05) is 26.9 Å². The molecule has 0 radical (unpaired) electrons. The fourth-order valence-corrected chi connectivity index (χ4v) is 4.28. The molecule has 0 fully saturated rings. The van der Waals surface area contributed by atoms with Crippen molar-refractivity contribution in [2.75, 3.05) is 25.0 Å². The first kappa shape index (κ1) is 21.4. The van der Waals surface area contributed by atoms with Crippen LogP contribution < -0.4 is 5.32 Å². The smallest absolute Gasteiger partial charge is 0.0917 e. The third kappa shape index (κ3) is 4.83. The second-order valence-electron chi connectivity index (χ2n) is 7.15. The highest BCUT2D eigenvalue weighted by molar-refractivity contribution is 6.39. The van der Waals surface area contributed by atoms with Crippen molar-refractivity contribution in [1.82, 2.24) is 9.88 Å². The summed E-state index contributed by atoms with van der Waals surface area (Å²) >= 11 is 18.9. The minimum Gasteiger partial charge on any atom is -0.381 e. The lowest BCUT2D eigenvalue weighted by Gasteiger charge is -2.22. The highest BCUT2D eigenvalue weighted by Gasteiger charge is 2.15. The number of halogens is 3. The van der Waals surface area contributed by atoms with E-state index in [1.807, 2.05) is 24.3 Å². The van der Waals surface area contributed by atoms with E-state index in [1.54, 1.807) is 6.07 Å². The van der Waals surface area contributed by atoms with Crippen LogP contribution in [0.15, 0.2) is 30.3 Å². The van der Waals surface area contributed by atoms with Gasteiger partial charge < -0.3 is 10.2 Å². The summed E-state index contributed by atoms with van der Waals surface area (Å²) in [6, 6.07) is 9.72. The maximum Gasteiger partial charge on any atom is 0.0917 e. The summed E-state index contributed by atoms with van der Waals surface area (Å²) in [5, 5.41) is 7.45. The van der Waals surface area contributed by atoms with Crippen molar-refractivity contribution in [3.8, 4) is 0 Å². The van der Waals surface area contributed by atoms with Gasteiger partial charge in [-0.1, -0.05) is 48.7 Å². The summed E-state index contributed by atoms with van der Waals surface area (Å²) in [5.74, 6) is 0. The van der Waals surface area contributed by atoms with Crippen LogP contribution in [0.1, 0.15) is 33.6 Å². The van der Waals surface area contributed by atoms with Crippen molar-refractivity contribution >= 4 is 62.3 Å². The van der Waals surface area contributed by atoms with Crippen molar-refractivity contribution in [2.24, 2.45) is 0 Å². The third-order valence-electron chi connectivity index (χ3n) is 5.16. The molecule has 1 heterocycles. The lowest BCUT2D eigenvalue weighted by Crippen LogP contribution is -2.25. The Hall–Kier alpha value is -1.26. The first-order valence-corrected chi connectivity index (χ1v) is 10.9. The first-order chi connectivity index (χ1) is 13.4. The molecule has 0 spiro atoms. The average molecular weight is 439 g/mol. The van der Waals surface area contributed by atoms with E-state index in [0.717, 1.165) is 60.0 Å². The summed E-state index contributed by atoms with van der Waals surface area (Å²) in [7, 11) is 0. The largest absolute Gasteiger partial charge is 0.381 e. The molecule has 0 bridgehead atoms. The van der Waals surface area contributed by atoms with Gasteiger partial charge >= 0.3 is 0 Å². The van der Waals surface area contributed by atoms with E-state index in [1.165, 1.54) is 0 Å². The average Bonchev–Trinajstić information content (AvgIpc) is 2.65. The molecule has 0 amide bonds. The number of benzene rings is 2. The van der Waals surface area contributed by atoms with Crippen LogP contribution in [0.25, 0.3) is 21.8 Å². The van der Waals surface area contributed by atoms with E-state index in [-0.39, 0.29) is 0 Å². The summed E-state index contributed by atoms with van der Waals surface area (Å²) in [4.78, 5) is 7.18. The number of rotatable bonds is 8. The Balaban J connectivity index is 1.95. The zero-order valence-corrected chi connectivity index (χ0v) is 18.8. The standard InChI is InChI=1S/C22H26Cl3N3/c1-4-28(5-2)10-6-7-14(3)26-21-17-9-8-15(23)13-20(17)27-22-18(21)11-16(24)12-19(22)25/h8-9,11-14H,4-7,10H2,1-3H3,(H,26,27). The van der Waals surface area contributed by atoms with Gasteiger partial charge in [-0.25, -0.2) is 4.98 Å². The normalized spacial score (nSPS) is 12.8. The summed E-state index contributed by atoms with van der Waals surface area (Å²) < 4.78 is 0. The van der Waals surface area contributed by atoms with E-state index in [4.69, 9.17) is 39.8 Å². The third-order valence-corrected chi connectivity index (χ3v) is 5.90. The minimum absolute atomic E-state index is 0.304. The number of pyridine rings is 1. The zero-order valence-electron chi connectivity index (χ0n) is 16.5.